The first-order valence-electron chi connectivity index (χ1n) is 7.34. The molecule has 2 rings (SSSR count). The van der Waals surface area contributed by atoms with Crippen molar-refractivity contribution in [2.24, 2.45) is 0 Å². The zero-order valence-corrected chi connectivity index (χ0v) is 13.2. The first-order chi connectivity index (χ1) is 10.5. The van der Waals surface area contributed by atoms with Crippen LogP contribution in [-0.4, -0.2) is 44.0 Å². The van der Waals surface area contributed by atoms with Crippen molar-refractivity contribution in [2.75, 3.05) is 27.3 Å². The quantitative estimate of drug-likeness (QED) is 0.865. The number of carbonyl (C=O) groups is 2. The monoisotopic (exact) mass is 306 g/mol. The summed E-state index contributed by atoms with van der Waals surface area (Å²) >= 11 is 0. The van der Waals surface area contributed by atoms with Crippen LogP contribution in [-0.2, 0) is 9.59 Å². The highest BCUT2D eigenvalue weighted by Crippen LogP contribution is 2.29. The Hall–Kier alpha value is -2.24. The number of nitrogens with one attached hydrogen (secondary N) is 1. The summed E-state index contributed by atoms with van der Waals surface area (Å²) in [5, 5.41) is 2.90. The molecule has 0 radical (unpaired) electrons. The van der Waals surface area contributed by atoms with E-state index in [0.29, 0.717) is 24.5 Å². The topological polar surface area (TPSA) is 67.9 Å². The number of benzene rings is 1. The van der Waals surface area contributed by atoms with E-state index in [4.69, 9.17) is 9.47 Å². The minimum Gasteiger partial charge on any atom is -0.497 e. The maximum absolute atomic E-state index is 12.1. The molecular formula is C16H22N2O4. The highest BCUT2D eigenvalue weighted by Gasteiger charge is 2.23. The third-order valence-electron chi connectivity index (χ3n) is 3.79. The van der Waals surface area contributed by atoms with Gasteiger partial charge >= 0.3 is 0 Å². The fraction of sp³-hybridized carbons (Fsp3) is 0.500. The molecule has 0 saturated carbocycles. The molecule has 1 aromatic carbocycles. The number of ether oxygens (including phenoxy) is 2. The van der Waals surface area contributed by atoms with Gasteiger partial charge in [-0.15, -0.1) is 0 Å². The second-order valence-corrected chi connectivity index (χ2v) is 5.32. The first-order valence-corrected chi connectivity index (χ1v) is 7.34. The highest BCUT2D eigenvalue weighted by atomic mass is 16.5. The van der Waals surface area contributed by atoms with E-state index < -0.39 is 0 Å². The Bertz CT molecular complexity index is 559. The minimum absolute atomic E-state index is 0.0433. The standard InChI is InChI=1S/C16H22N2O4/c1-11(13-9-12(21-2)6-7-14(13)22-3)17-15(19)10-18-8-4-5-16(18)20/h6-7,9,11H,4-5,8,10H2,1-3H3,(H,17,19)/t11-/m1/s1. The van der Waals surface area contributed by atoms with Crippen LogP contribution in [0.5, 0.6) is 11.5 Å². The fourth-order valence-electron chi connectivity index (χ4n) is 2.59. The summed E-state index contributed by atoms with van der Waals surface area (Å²) in [5.74, 6) is 1.26. The highest BCUT2D eigenvalue weighted by molar-refractivity contribution is 5.86. The van der Waals surface area contributed by atoms with Crippen LogP contribution in [0.25, 0.3) is 0 Å². The van der Waals surface area contributed by atoms with Gasteiger partial charge in [0.05, 0.1) is 26.8 Å². The number of hydrogen-bond acceptors (Lipinski definition) is 4. The van der Waals surface area contributed by atoms with Crippen LogP contribution in [0, 0.1) is 0 Å². The molecule has 6 heteroatoms. The Kier molecular flexibility index (Phi) is 5.25. The third kappa shape index (κ3) is 3.69. The molecule has 6 nitrogen and oxygen atoms in total. The molecule has 0 spiro atoms. The van der Waals surface area contributed by atoms with E-state index in [0.717, 1.165) is 12.0 Å². The minimum atomic E-state index is -0.241. The van der Waals surface area contributed by atoms with Gasteiger partial charge in [-0.1, -0.05) is 0 Å². The van der Waals surface area contributed by atoms with Crippen molar-refractivity contribution >= 4 is 11.8 Å². The molecule has 0 aliphatic carbocycles. The summed E-state index contributed by atoms with van der Waals surface area (Å²) in [6.07, 6.45) is 1.36. The lowest BCUT2D eigenvalue weighted by Gasteiger charge is -2.20. The van der Waals surface area contributed by atoms with Crippen molar-refractivity contribution in [3.05, 3.63) is 23.8 Å². The van der Waals surface area contributed by atoms with Crippen LogP contribution >= 0.6 is 0 Å². The van der Waals surface area contributed by atoms with Gasteiger partial charge in [-0.05, 0) is 31.5 Å². The number of amides is 2. The molecule has 1 atom stereocenters. The van der Waals surface area contributed by atoms with Crippen LogP contribution in [0.1, 0.15) is 31.4 Å². The van der Waals surface area contributed by atoms with Gasteiger partial charge in [0.2, 0.25) is 11.8 Å². The number of carbonyl (C=O) groups excluding carboxylic acids is 2. The van der Waals surface area contributed by atoms with Crippen LogP contribution < -0.4 is 14.8 Å². The summed E-state index contributed by atoms with van der Waals surface area (Å²) in [7, 11) is 3.18. The van der Waals surface area contributed by atoms with Crippen molar-refractivity contribution in [2.45, 2.75) is 25.8 Å². The third-order valence-corrected chi connectivity index (χ3v) is 3.79. The molecule has 0 unspecified atom stereocenters. The summed E-state index contributed by atoms with van der Waals surface area (Å²) in [6, 6.07) is 5.21. The summed E-state index contributed by atoms with van der Waals surface area (Å²) in [6.45, 7) is 2.64. The molecule has 120 valence electrons. The average Bonchev–Trinajstić information content (AvgIpc) is 2.91. The predicted octanol–water partition coefficient (Wildman–Crippen LogP) is 1.50. The number of methoxy groups -OCH3 is 2. The molecule has 0 bridgehead atoms. The normalized spacial score (nSPS) is 15.6. The summed E-state index contributed by atoms with van der Waals surface area (Å²) in [4.78, 5) is 25.3. The zero-order valence-electron chi connectivity index (χ0n) is 13.2. The molecule has 22 heavy (non-hydrogen) atoms. The second-order valence-electron chi connectivity index (χ2n) is 5.32. The molecule has 2 amide bonds. The lowest BCUT2D eigenvalue weighted by atomic mass is 10.1. The van der Waals surface area contributed by atoms with Gasteiger partial charge in [0, 0.05) is 18.5 Å². The van der Waals surface area contributed by atoms with Gasteiger partial charge < -0.3 is 19.7 Å². The van der Waals surface area contributed by atoms with Crippen LogP contribution in [0.4, 0.5) is 0 Å². The Morgan fingerprint density at radius 2 is 2.14 bits per heavy atom. The van der Waals surface area contributed by atoms with E-state index in [1.807, 2.05) is 13.0 Å². The van der Waals surface area contributed by atoms with E-state index in [2.05, 4.69) is 5.32 Å². The smallest absolute Gasteiger partial charge is 0.240 e. The lowest BCUT2D eigenvalue weighted by molar-refractivity contribution is -0.133. The Labute approximate surface area is 130 Å². The van der Waals surface area contributed by atoms with Gasteiger partial charge in [-0.25, -0.2) is 0 Å². The molecule has 1 aliphatic rings. The molecule has 1 fully saturated rings. The molecule has 1 N–H and O–H groups in total. The van der Waals surface area contributed by atoms with Crippen molar-refractivity contribution in [1.82, 2.24) is 10.2 Å². The maximum Gasteiger partial charge on any atom is 0.240 e. The molecule has 1 aliphatic heterocycles. The zero-order chi connectivity index (χ0) is 16.1. The largest absolute Gasteiger partial charge is 0.497 e. The van der Waals surface area contributed by atoms with E-state index in [1.165, 1.54) is 0 Å². The van der Waals surface area contributed by atoms with Crippen molar-refractivity contribution in [1.29, 1.82) is 0 Å². The average molecular weight is 306 g/mol. The van der Waals surface area contributed by atoms with Crippen molar-refractivity contribution < 1.29 is 19.1 Å². The van der Waals surface area contributed by atoms with Gasteiger partial charge in [0.15, 0.2) is 0 Å². The Morgan fingerprint density at radius 1 is 1.36 bits per heavy atom. The molecule has 0 aromatic heterocycles. The predicted molar refractivity (Wildman–Crippen MR) is 81.9 cm³/mol. The Morgan fingerprint density at radius 3 is 2.73 bits per heavy atom. The molecule has 1 saturated heterocycles. The maximum atomic E-state index is 12.1. The molecule has 1 aromatic rings. The van der Waals surface area contributed by atoms with E-state index in [-0.39, 0.29) is 24.4 Å². The van der Waals surface area contributed by atoms with Gasteiger partial charge in [-0.3, -0.25) is 9.59 Å². The number of nitrogens with zero attached hydrogens (tertiary/aromatic N) is 1. The van der Waals surface area contributed by atoms with Gasteiger partial charge in [0.1, 0.15) is 11.5 Å². The summed E-state index contributed by atoms with van der Waals surface area (Å²) in [5.41, 5.74) is 0.836. The van der Waals surface area contributed by atoms with Crippen molar-refractivity contribution in [3.63, 3.8) is 0 Å². The van der Waals surface area contributed by atoms with E-state index in [1.54, 1.807) is 31.3 Å². The second kappa shape index (κ2) is 7.15. The SMILES string of the molecule is COc1ccc(OC)c([C@@H](C)NC(=O)CN2CCCC2=O)c1. The number of rotatable bonds is 6. The first kappa shape index (κ1) is 16.1. The Balaban J connectivity index is 2.03. The number of hydrogen-bond donors (Lipinski definition) is 1. The van der Waals surface area contributed by atoms with E-state index >= 15 is 0 Å². The van der Waals surface area contributed by atoms with Crippen LogP contribution in [0.15, 0.2) is 18.2 Å². The molecular weight excluding hydrogens is 284 g/mol. The van der Waals surface area contributed by atoms with Gasteiger partial charge in [0.25, 0.3) is 0 Å². The molecule has 1 heterocycles. The van der Waals surface area contributed by atoms with Crippen LogP contribution in [0.3, 0.4) is 0 Å². The fourth-order valence-corrected chi connectivity index (χ4v) is 2.59. The van der Waals surface area contributed by atoms with Gasteiger partial charge in [-0.2, -0.15) is 0 Å². The number of likely N-dealkylation sites (tertiary alicyclic amines) is 1. The van der Waals surface area contributed by atoms with Crippen LogP contribution in [0.2, 0.25) is 0 Å². The van der Waals surface area contributed by atoms with E-state index in [9.17, 15) is 9.59 Å². The summed E-state index contributed by atoms with van der Waals surface area (Å²) < 4.78 is 10.5. The van der Waals surface area contributed by atoms with Crippen molar-refractivity contribution in [3.8, 4) is 11.5 Å². The lowest BCUT2D eigenvalue weighted by Crippen LogP contribution is -2.38.